The fourth-order valence-corrected chi connectivity index (χ4v) is 6.80. The molecule has 4 N–H and O–H groups in total. The molecule has 6 atom stereocenters. The predicted octanol–water partition coefficient (Wildman–Crippen LogP) is 9.89. The van der Waals surface area contributed by atoms with Crippen molar-refractivity contribution in [3.05, 3.63) is 36.5 Å². The van der Waals surface area contributed by atoms with Gasteiger partial charge in [-0.2, -0.15) is 0 Å². The second-order valence-electron chi connectivity index (χ2n) is 15.8. The predicted molar refractivity (Wildman–Crippen MR) is 229 cm³/mol. The topological polar surface area (TPSA) is 152 Å². The van der Waals surface area contributed by atoms with Crippen LogP contribution in [0.25, 0.3) is 0 Å². The first-order valence-corrected chi connectivity index (χ1v) is 23.1. The molecule has 0 radical (unpaired) electrons. The standard InChI is InChI=1S/C47H84O10/c1-3-5-7-9-11-13-15-17-19-20-22-24-26-28-30-32-34-36-43(50)56-40(39-55-47-46(53)45(52)44(51)41(37-48)57-47)38-54-42(49)35-33-31-29-27-25-23-21-18-16-14-12-10-8-6-4-2/h12-15,18,21,40-41,44-48,51-53H,3-11,16-17,19-20,22-39H2,1-2H3/b14-12+,15-13+,21-18+/t40-,41-,44+,45?,46?,47-/m1/s1. The SMILES string of the molecule is CCCCC/C=C/C/C=C/CCCCCCCC(=O)OC[C@H](CO[C@@H]1O[C@H](CO)[C@H](O)C(O)C1O)OC(=O)CCCCCCCCCCC/C=C/CCCCCC. The van der Waals surface area contributed by atoms with Gasteiger partial charge in [0.15, 0.2) is 12.4 Å². The first kappa shape index (κ1) is 52.9. The van der Waals surface area contributed by atoms with Crippen LogP contribution in [0.3, 0.4) is 0 Å². The molecule has 10 heteroatoms. The second-order valence-corrected chi connectivity index (χ2v) is 15.8. The van der Waals surface area contributed by atoms with Crippen LogP contribution in [0.2, 0.25) is 0 Å². The maximum absolute atomic E-state index is 12.8. The van der Waals surface area contributed by atoms with Gasteiger partial charge in [-0.05, 0) is 70.6 Å². The number of carbonyl (C=O) groups is 2. The van der Waals surface area contributed by atoms with E-state index in [2.05, 4.69) is 50.3 Å². The number of hydrogen-bond donors (Lipinski definition) is 4. The van der Waals surface area contributed by atoms with Crippen LogP contribution in [0, 0.1) is 0 Å². The van der Waals surface area contributed by atoms with Crippen LogP contribution < -0.4 is 0 Å². The molecule has 1 heterocycles. The zero-order valence-electron chi connectivity index (χ0n) is 36.1. The lowest BCUT2D eigenvalue weighted by atomic mass is 9.99. The number of aliphatic hydroxyl groups excluding tert-OH is 4. The Morgan fingerprint density at radius 2 is 0.982 bits per heavy atom. The Balaban J connectivity index is 2.33. The third kappa shape index (κ3) is 29.7. The lowest BCUT2D eigenvalue weighted by Crippen LogP contribution is -2.59. The fourth-order valence-electron chi connectivity index (χ4n) is 6.80. The number of esters is 2. The Morgan fingerprint density at radius 1 is 0.544 bits per heavy atom. The third-order valence-corrected chi connectivity index (χ3v) is 10.5. The number of ether oxygens (including phenoxy) is 4. The molecule has 0 aromatic carbocycles. The second kappa shape index (κ2) is 38.1. The van der Waals surface area contributed by atoms with E-state index in [4.69, 9.17) is 18.9 Å². The van der Waals surface area contributed by atoms with Crippen molar-refractivity contribution in [2.45, 2.75) is 230 Å². The maximum Gasteiger partial charge on any atom is 0.306 e. The molecule has 0 saturated carbocycles. The Bertz CT molecular complexity index is 1030. The van der Waals surface area contributed by atoms with Crippen LogP contribution in [-0.4, -0.2) is 89.0 Å². The van der Waals surface area contributed by atoms with E-state index in [1.165, 1.54) is 96.3 Å². The van der Waals surface area contributed by atoms with E-state index in [0.29, 0.717) is 12.8 Å². The number of unbranched alkanes of at least 4 members (excludes halogenated alkanes) is 21. The van der Waals surface area contributed by atoms with E-state index >= 15 is 0 Å². The molecule has 1 saturated heterocycles. The Kier molecular flexibility index (Phi) is 35.4. The minimum absolute atomic E-state index is 0.225. The van der Waals surface area contributed by atoms with Gasteiger partial charge < -0.3 is 39.4 Å². The average Bonchev–Trinajstić information content (AvgIpc) is 3.21. The quantitative estimate of drug-likeness (QED) is 0.0270. The summed E-state index contributed by atoms with van der Waals surface area (Å²) in [6, 6.07) is 0. The van der Waals surface area contributed by atoms with E-state index < -0.39 is 49.4 Å². The molecule has 10 nitrogen and oxygen atoms in total. The van der Waals surface area contributed by atoms with Gasteiger partial charge in [-0.25, -0.2) is 0 Å². The first-order chi connectivity index (χ1) is 27.8. The lowest BCUT2D eigenvalue weighted by Gasteiger charge is -2.39. The van der Waals surface area contributed by atoms with E-state index in [0.717, 1.165) is 57.8 Å². The van der Waals surface area contributed by atoms with Crippen LogP contribution >= 0.6 is 0 Å². The van der Waals surface area contributed by atoms with Crippen molar-refractivity contribution < 1.29 is 49.0 Å². The lowest BCUT2D eigenvalue weighted by molar-refractivity contribution is -0.305. The van der Waals surface area contributed by atoms with Crippen molar-refractivity contribution >= 4 is 11.9 Å². The van der Waals surface area contributed by atoms with Crippen LogP contribution in [-0.2, 0) is 28.5 Å². The summed E-state index contributed by atoms with van der Waals surface area (Å²) in [6.45, 7) is 3.37. The Labute approximate surface area is 346 Å². The van der Waals surface area contributed by atoms with Crippen LogP contribution in [0.4, 0.5) is 0 Å². The molecule has 332 valence electrons. The van der Waals surface area contributed by atoms with Crippen molar-refractivity contribution in [1.82, 2.24) is 0 Å². The molecular formula is C47H84O10. The highest BCUT2D eigenvalue weighted by atomic mass is 16.7. The molecule has 1 rings (SSSR count). The molecule has 1 aliphatic heterocycles. The fraction of sp³-hybridized carbons (Fsp3) is 0.830. The molecule has 1 fully saturated rings. The van der Waals surface area contributed by atoms with E-state index in [9.17, 15) is 30.0 Å². The largest absolute Gasteiger partial charge is 0.462 e. The first-order valence-electron chi connectivity index (χ1n) is 23.1. The molecule has 0 spiro atoms. The number of hydrogen-bond acceptors (Lipinski definition) is 10. The highest BCUT2D eigenvalue weighted by Gasteiger charge is 2.44. The number of rotatable bonds is 38. The van der Waals surface area contributed by atoms with Gasteiger partial charge in [-0.15, -0.1) is 0 Å². The van der Waals surface area contributed by atoms with Crippen molar-refractivity contribution in [2.24, 2.45) is 0 Å². The highest BCUT2D eigenvalue weighted by Crippen LogP contribution is 2.22. The molecular weight excluding hydrogens is 725 g/mol. The molecule has 2 unspecified atom stereocenters. The molecule has 0 aromatic heterocycles. The summed E-state index contributed by atoms with van der Waals surface area (Å²) in [4.78, 5) is 25.3. The van der Waals surface area contributed by atoms with E-state index in [1.807, 2.05) is 0 Å². The summed E-state index contributed by atoms with van der Waals surface area (Å²) in [7, 11) is 0. The summed E-state index contributed by atoms with van der Waals surface area (Å²) < 4.78 is 22.2. The summed E-state index contributed by atoms with van der Waals surface area (Å²) in [5, 5.41) is 40.1. The van der Waals surface area contributed by atoms with Gasteiger partial charge in [0.1, 0.15) is 31.0 Å². The summed E-state index contributed by atoms with van der Waals surface area (Å²) in [5.41, 5.74) is 0. The Morgan fingerprint density at radius 3 is 1.51 bits per heavy atom. The molecule has 0 aliphatic carbocycles. The van der Waals surface area contributed by atoms with Gasteiger partial charge in [0, 0.05) is 12.8 Å². The average molecular weight is 809 g/mol. The normalized spacial score (nSPS) is 20.6. The number of aliphatic hydroxyl groups is 4. The zero-order valence-corrected chi connectivity index (χ0v) is 36.1. The van der Waals surface area contributed by atoms with Crippen molar-refractivity contribution in [3.63, 3.8) is 0 Å². The van der Waals surface area contributed by atoms with Crippen molar-refractivity contribution in [3.8, 4) is 0 Å². The molecule has 1 aliphatic rings. The Hall–Kier alpha value is -2.08. The highest BCUT2D eigenvalue weighted by molar-refractivity contribution is 5.70. The number of allylic oxidation sites excluding steroid dienone is 6. The van der Waals surface area contributed by atoms with Gasteiger partial charge in [0.2, 0.25) is 0 Å². The summed E-state index contributed by atoms with van der Waals surface area (Å²) in [6.07, 6.45) is 35.7. The summed E-state index contributed by atoms with van der Waals surface area (Å²) in [5.74, 6) is -0.822. The van der Waals surface area contributed by atoms with Crippen molar-refractivity contribution in [1.29, 1.82) is 0 Å². The molecule has 0 aromatic rings. The van der Waals surface area contributed by atoms with Gasteiger partial charge in [0.25, 0.3) is 0 Å². The van der Waals surface area contributed by atoms with Gasteiger partial charge in [-0.3, -0.25) is 9.59 Å². The van der Waals surface area contributed by atoms with Crippen molar-refractivity contribution in [2.75, 3.05) is 19.8 Å². The molecule has 0 amide bonds. The van der Waals surface area contributed by atoms with Gasteiger partial charge in [-0.1, -0.05) is 147 Å². The maximum atomic E-state index is 12.8. The van der Waals surface area contributed by atoms with Crippen LogP contribution in [0.15, 0.2) is 36.5 Å². The smallest absolute Gasteiger partial charge is 0.306 e. The van der Waals surface area contributed by atoms with Crippen LogP contribution in [0.5, 0.6) is 0 Å². The zero-order chi connectivity index (χ0) is 41.6. The van der Waals surface area contributed by atoms with Crippen LogP contribution in [0.1, 0.15) is 194 Å². The van der Waals surface area contributed by atoms with Gasteiger partial charge >= 0.3 is 11.9 Å². The monoisotopic (exact) mass is 809 g/mol. The van der Waals surface area contributed by atoms with Gasteiger partial charge in [0.05, 0.1) is 13.2 Å². The van der Waals surface area contributed by atoms with E-state index in [1.54, 1.807) is 0 Å². The molecule has 0 bridgehead atoms. The summed E-state index contributed by atoms with van der Waals surface area (Å²) >= 11 is 0. The third-order valence-electron chi connectivity index (χ3n) is 10.5. The minimum Gasteiger partial charge on any atom is -0.462 e. The minimum atomic E-state index is -1.60. The van der Waals surface area contributed by atoms with E-state index in [-0.39, 0.29) is 32.0 Å². The molecule has 57 heavy (non-hydrogen) atoms. The number of carbonyl (C=O) groups excluding carboxylic acids is 2.